The van der Waals surface area contributed by atoms with Gasteiger partial charge in [0.15, 0.2) is 5.78 Å². The molecule has 26 heavy (non-hydrogen) atoms. The second-order valence-corrected chi connectivity index (χ2v) is 8.01. The van der Waals surface area contributed by atoms with E-state index >= 15 is 0 Å². The van der Waals surface area contributed by atoms with Crippen molar-refractivity contribution in [2.75, 3.05) is 7.11 Å². The summed E-state index contributed by atoms with van der Waals surface area (Å²) < 4.78 is 5.79. The van der Waals surface area contributed by atoms with Crippen molar-refractivity contribution in [3.05, 3.63) is 40.1 Å². The van der Waals surface area contributed by atoms with Crippen LogP contribution in [0.4, 0.5) is 5.69 Å². The minimum absolute atomic E-state index is 0.148. The summed E-state index contributed by atoms with van der Waals surface area (Å²) in [6, 6.07) is 7.37. The van der Waals surface area contributed by atoms with E-state index in [-0.39, 0.29) is 23.5 Å². The van der Waals surface area contributed by atoms with Crippen LogP contribution in [-0.4, -0.2) is 29.7 Å². The summed E-state index contributed by atoms with van der Waals surface area (Å²) in [6.07, 6.45) is 1.43. The molecule has 0 aliphatic heterocycles. The molecule has 1 N–H and O–H groups in total. The van der Waals surface area contributed by atoms with Gasteiger partial charge in [-0.05, 0) is 36.1 Å². The summed E-state index contributed by atoms with van der Waals surface area (Å²) in [7, 11) is 1.28. The molecular weight excluding hydrogens is 398 g/mol. The van der Waals surface area contributed by atoms with Gasteiger partial charge in [-0.2, -0.15) is 0 Å². The Labute approximate surface area is 162 Å². The van der Waals surface area contributed by atoms with Crippen LogP contribution in [0.15, 0.2) is 45.1 Å². The van der Waals surface area contributed by atoms with Gasteiger partial charge in [-0.3, -0.25) is 14.6 Å². The molecule has 0 saturated carbocycles. The molecule has 6 heteroatoms. The van der Waals surface area contributed by atoms with E-state index in [2.05, 4.69) is 20.9 Å². The van der Waals surface area contributed by atoms with Crippen LogP contribution in [0.2, 0.25) is 0 Å². The third kappa shape index (κ3) is 4.23. The Morgan fingerprint density at radius 1 is 1.35 bits per heavy atom. The molecule has 0 saturated heterocycles. The highest BCUT2D eigenvalue weighted by molar-refractivity contribution is 9.10. The van der Waals surface area contributed by atoms with E-state index in [1.165, 1.54) is 7.11 Å². The van der Waals surface area contributed by atoms with Crippen molar-refractivity contribution in [2.45, 2.75) is 40.0 Å². The summed E-state index contributed by atoms with van der Waals surface area (Å²) in [4.78, 5) is 29.6. The summed E-state index contributed by atoms with van der Waals surface area (Å²) in [6.45, 7) is 5.54. The number of methoxy groups -OCH3 is 1. The van der Waals surface area contributed by atoms with E-state index in [0.29, 0.717) is 17.8 Å². The standard InChI is InChI=1S/C20H24BrNO4/c1-5-6-14(22-13-9-7-12(21)8-10-13)16-15(23)11-20(2,3)17(18(16)24)19(25)26-4/h7-10,17,24H,5-6,11H2,1-4H3/t17-/m1/s1. The molecule has 1 atom stereocenters. The van der Waals surface area contributed by atoms with Gasteiger partial charge < -0.3 is 9.84 Å². The van der Waals surface area contributed by atoms with E-state index in [4.69, 9.17) is 4.74 Å². The van der Waals surface area contributed by atoms with E-state index in [0.717, 1.165) is 10.9 Å². The maximum Gasteiger partial charge on any atom is 0.316 e. The molecule has 1 aliphatic carbocycles. The van der Waals surface area contributed by atoms with Gasteiger partial charge in [0.2, 0.25) is 0 Å². The Morgan fingerprint density at radius 2 is 1.96 bits per heavy atom. The lowest BCUT2D eigenvalue weighted by molar-refractivity contribution is -0.150. The van der Waals surface area contributed by atoms with Crippen LogP contribution in [0.5, 0.6) is 0 Å². The number of carbonyl (C=O) groups excluding carboxylic acids is 2. The number of benzene rings is 1. The van der Waals surface area contributed by atoms with Gasteiger partial charge in [0.25, 0.3) is 0 Å². The van der Waals surface area contributed by atoms with Gasteiger partial charge in [0.1, 0.15) is 11.7 Å². The molecule has 0 fully saturated rings. The predicted molar refractivity (Wildman–Crippen MR) is 105 cm³/mol. The predicted octanol–water partition coefficient (Wildman–Crippen LogP) is 4.92. The van der Waals surface area contributed by atoms with E-state index in [1.54, 1.807) is 13.8 Å². The molecule has 0 spiro atoms. The Kier molecular flexibility index (Phi) is 6.39. The second kappa shape index (κ2) is 8.16. The Balaban J connectivity index is 2.59. The van der Waals surface area contributed by atoms with Gasteiger partial charge >= 0.3 is 5.97 Å². The first-order valence-electron chi connectivity index (χ1n) is 8.59. The highest BCUT2D eigenvalue weighted by atomic mass is 79.9. The summed E-state index contributed by atoms with van der Waals surface area (Å²) in [5, 5.41) is 10.8. The van der Waals surface area contributed by atoms with Gasteiger partial charge in [-0.25, -0.2) is 0 Å². The lowest BCUT2D eigenvalue weighted by Crippen LogP contribution is -2.41. The molecule has 2 rings (SSSR count). The van der Waals surface area contributed by atoms with Crippen LogP contribution < -0.4 is 0 Å². The van der Waals surface area contributed by atoms with Crippen molar-refractivity contribution in [3.63, 3.8) is 0 Å². The highest BCUT2D eigenvalue weighted by Gasteiger charge is 2.47. The van der Waals surface area contributed by atoms with Gasteiger partial charge in [-0.15, -0.1) is 0 Å². The average Bonchev–Trinajstić information content (AvgIpc) is 2.55. The minimum atomic E-state index is -0.882. The van der Waals surface area contributed by atoms with Crippen molar-refractivity contribution < 1.29 is 19.4 Å². The molecule has 0 heterocycles. The average molecular weight is 422 g/mol. The third-order valence-corrected chi connectivity index (χ3v) is 5.04. The Bertz CT molecular complexity index is 763. The molecule has 0 aromatic heterocycles. The fourth-order valence-electron chi connectivity index (χ4n) is 3.26. The van der Waals surface area contributed by atoms with Crippen LogP contribution >= 0.6 is 15.9 Å². The van der Waals surface area contributed by atoms with Crippen LogP contribution in [0.3, 0.4) is 0 Å². The van der Waals surface area contributed by atoms with E-state index in [9.17, 15) is 14.7 Å². The van der Waals surface area contributed by atoms with Crippen molar-refractivity contribution >= 4 is 39.1 Å². The number of ether oxygens (including phenoxy) is 1. The lowest BCUT2D eigenvalue weighted by Gasteiger charge is -2.36. The fourth-order valence-corrected chi connectivity index (χ4v) is 3.53. The molecule has 1 aromatic carbocycles. The first-order valence-corrected chi connectivity index (χ1v) is 9.38. The van der Waals surface area contributed by atoms with Gasteiger partial charge in [-0.1, -0.05) is 43.1 Å². The Morgan fingerprint density at radius 3 is 2.50 bits per heavy atom. The number of aliphatic hydroxyl groups excluding tert-OH is 1. The molecule has 0 bridgehead atoms. The van der Waals surface area contributed by atoms with Crippen LogP contribution in [0.25, 0.3) is 0 Å². The minimum Gasteiger partial charge on any atom is -0.511 e. The van der Waals surface area contributed by atoms with E-state index < -0.39 is 17.3 Å². The zero-order chi connectivity index (χ0) is 19.5. The summed E-state index contributed by atoms with van der Waals surface area (Å²) >= 11 is 3.38. The number of aliphatic hydroxyl groups is 1. The van der Waals surface area contributed by atoms with E-state index in [1.807, 2.05) is 31.2 Å². The molecule has 1 aromatic rings. The Hall–Kier alpha value is -1.95. The lowest BCUT2D eigenvalue weighted by atomic mass is 9.67. The number of allylic oxidation sites excluding steroid dienone is 1. The number of carbonyl (C=O) groups is 2. The zero-order valence-electron chi connectivity index (χ0n) is 15.5. The van der Waals surface area contributed by atoms with Crippen LogP contribution in [0.1, 0.15) is 40.0 Å². The fraction of sp³-hybridized carbons (Fsp3) is 0.450. The molecule has 1 aliphatic rings. The number of nitrogens with zero attached hydrogens (tertiary/aromatic N) is 1. The molecule has 0 radical (unpaired) electrons. The molecule has 5 nitrogen and oxygen atoms in total. The molecule has 0 amide bonds. The van der Waals surface area contributed by atoms with Crippen LogP contribution in [-0.2, 0) is 14.3 Å². The first kappa shape index (κ1) is 20.4. The van der Waals surface area contributed by atoms with Gasteiger partial charge in [0.05, 0.1) is 24.1 Å². The maximum absolute atomic E-state index is 12.8. The number of ketones is 1. The quantitative estimate of drug-likeness (QED) is 0.540. The van der Waals surface area contributed by atoms with Crippen molar-refractivity contribution in [2.24, 2.45) is 16.3 Å². The number of Topliss-reactive ketones (excluding diaryl/α,β-unsaturated/α-hetero) is 1. The van der Waals surface area contributed by atoms with Crippen molar-refractivity contribution in [1.82, 2.24) is 0 Å². The summed E-state index contributed by atoms with van der Waals surface area (Å²) in [5.41, 5.74) is 0.627. The molecule has 140 valence electrons. The summed E-state index contributed by atoms with van der Waals surface area (Å²) in [5.74, 6) is -1.86. The zero-order valence-corrected chi connectivity index (χ0v) is 17.1. The topological polar surface area (TPSA) is 76.0 Å². The molecule has 0 unspecified atom stereocenters. The number of esters is 1. The maximum atomic E-state index is 12.8. The number of hydrogen-bond donors (Lipinski definition) is 1. The normalized spacial score (nSPS) is 20.3. The monoisotopic (exact) mass is 421 g/mol. The second-order valence-electron chi connectivity index (χ2n) is 7.09. The SMILES string of the molecule is CCCC(=Nc1ccc(Br)cc1)C1=C(O)[C@H](C(=O)OC)C(C)(C)CC1=O. The number of aliphatic imine (C=N–C) groups is 1. The highest BCUT2D eigenvalue weighted by Crippen LogP contribution is 2.43. The van der Waals surface area contributed by atoms with Crippen molar-refractivity contribution in [3.8, 4) is 0 Å². The number of hydrogen-bond acceptors (Lipinski definition) is 5. The van der Waals surface area contributed by atoms with Crippen LogP contribution in [0, 0.1) is 11.3 Å². The van der Waals surface area contributed by atoms with Gasteiger partial charge in [0, 0.05) is 10.9 Å². The molecular formula is C20H24BrNO4. The number of halogens is 1. The largest absolute Gasteiger partial charge is 0.511 e. The third-order valence-electron chi connectivity index (χ3n) is 4.51. The van der Waals surface area contributed by atoms with Crippen molar-refractivity contribution in [1.29, 1.82) is 0 Å². The smallest absolute Gasteiger partial charge is 0.316 e. The number of rotatable bonds is 5. The first-order chi connectivity index (χ1) is 12.2.